The van der Waals surface area contributed by atoms with Crippen molar-refractivity contribution in [3.63, 3.8) is 0 Å². The van der Waals surface area contributed by atoms with E-state index < -0.39 is 14.9 Å². The van der Waals surface area contributed by atoms with Gasteiger partial charge in [-0.3, -0.25) is 10.1 Å². The molecule has 0 unspecified atom stereocenters. The standard InChI is InChI=1S/C13H19N3O4S.ClH/c1-10-12(16(17)18)5-2-6-13(10)21(19,20)15-9-7-11-4-3-8-14-11;/h2,5-6,11,14-15H,3-4,7-9H2,1H3;1H/t11-;/m1./s1. The molecular formula is C13H20ClN3O4S. The first-order chi connectivity index (χ1) is 9.92. The van der Waals surface area contributed by atoms with Gasteiger partial charge in [-0.2, -0.15) is 0 Å². The van der Waals surface area contributed by atoms with Crippen molar-refractivity contribution in [2.45, 2.75) is 37.1 Å². The van der Waals surface area contributed by atoms with Crippen molar-refractivity contribution < 1.29 is 13.3 Å². The molecule has 7 nitrogen and oxygen atoms in total. The van der Waals surface area contributed by atoms with E-state index in [1.807, 2.05) is 0 Å². The van der Waals surface area contributed by atoms with Crippen LogP contribution in [0, 0.1) is 17.0 Å². The second kappa shape index (κ2) is 7.87. The molecule has 0 amide bonds. The van der Waals surface area contributed by atoms with Crippen LogP contribution in [0.5, 0.6) is 0 Å². The Labute approximate surface area is 136 Å². The summed E-state index contributed by atoms with van der Waals surface area (Å²) in [7, 11) is -3.72. The average molecular weight is 350 g/mol. The SMILES string of the molecule is Cc1c([N+](=O)[O-])cccc1S(=O)(=O)NCC[C@H]1CCCN1.Cl. The zero-order valence-corrected chi connectivity index (χ0v) is 13.9. The molecule has 22 heavy (non-hydrogen) atoms. The van der Waals surface area contributed by atoms with Crippen molar-refractivity contribution in [3.8, 4) is 0 Å². The maximum Gasteiger partial charge on any atom is 0.273 e. The van der Waals surface area contributed by atoms with Gasteiger partial charge in [-0.25, -0.2) is 13.1 Å². The summed E-state index contributed by atoms with van der Waals surface area (Å²) >= 11 is 0. The zero-order valence-electron chi connectivity index (χ0n) is 12.2. The largest absolute Gasteiger partial charge is 0.314 e. The number of halogens is 1. The predicted molar refractivity (Wildman–Crippen MR) is 85.9 cm³/mol. The fourth-order valence-electron chi connectivity index (χ4n) is 2.54. The van der Waals surface area contributed by atoms with Crippen molar-refractivity contribution in [1.82, 2.24) is 10.0 Å². The van der Waals surface area contributed by atoms with Gasteiger partial charge in [0.25, 0.3) is 5.69 Å². The van der Waals surface area contributed by atoms with Crippen LogP contribution in [0.25, 0.3) is 0 Å². The Morgan fingerprint density at radius 2 is 2.18 bits per heavy atom. The number of benzene rings is 1. The first-order valence-corrected chi connectivity index (χ1v) is 8.37. The Hall–Kier alpha value is -1.22. The van der Waals surface area contributed by atoms with E-state index in [9.17, 15) is 18.5 Å². The van der Waals surface area contributed by atoms with Crippen LogP contribution < -0.4 is 10.0 Å². The Balaban J connectivity index is 0.00000242. The fraction of sp³-hybridized carbons (Fsp3) is 0.538. The van der Waals surface area contributed by atoms with Gasteiger partial charge in [-0.1, -0.05) is 6.07 Å². The number of hydrogen-bond donors (Lipinski definition) is 2. The molecule has 1 fully saturated rings. The highest BCUT2D eigenvalue weighted by atomic mass is 35.5. The molecule has 1 aromatic carbocycles. The normalized spacial score (nSPS) is 18.0. The molecule has 1 heterocycles. The van der Waals surface area contributed by atoms with E-state index >= 15 is 0 Å². The van der Waals surface area contributed by atoms with Gasteiger partial charge in [0, 0.05) is 24.2 Å². The average Bonchev–Trinajstić information content (AvgIpc) is 2.91. The minimum absolute atomic E-state index is 0. The lowest BCUT2D eigenvalue weighted by molar-refractivity contribution is -0.385. The van der Waals surface area contributed by atoms with Gasteiger partial charge in [-0.05, 0) is 38.8 Å². The minimum atomic E-state index is -3.72. The second-order valence-electron chi connectivity index (χ2n) is 5.14. The summed E-state index contributed by atoms with van der Waals surface area (Å²) in [6.45, 7) is 2.74. The van der Waals surface area contributed by atoms with Crippen molar-refractivity contribution >= 4 is 28.1 Å². The first kappa shape index (κ1) is 18.8. The molecule has 2 N–H and O–H groups in total. The fourth-order valence-corrected chi connectivity index (χ4v) is 3.85. The summed E-state index contributed by atoms with van der Waals surface area (Å²) in [4.78, 5) is 10.3. The number of nitrogens with zero attached hydrogens (tertiary/aromatic N) is 1. The lowest BCUT2D eigenvalue weighted by atomic mass is 10.2. The number of nitro benzene ring substituents is 1. The molecule has 0 radical (unpaired) electrons. The smallest absolute Gasteiger partial charge is 0.273 e. The van der Waals surface area contributed by atoms with Crippen LogP contribution in [0.15, 0.2) is 23.1 Å². The third kappa shape index (κ3) is 4.39. The van der Waals surface area contributed by atoms with E-state index in [-0.39, 0.29) is 28.6 Å². The monoisotopic (exact) mass is 349 g/mol. The van der Waals surface area contributed by atoms with Gasteiger partial charge in [0.1, 0.15) is 0 Å². The lowest BCUT2D eigenvalue weighted by Gasteiger charge is -2.12. The lowest BCUT2D eigenvalue weighted by Crippen LogP contribution is -2.31. The molecule has 124 valence electrons. The maximum atomic E-state index is 12.2. The molecule has 2 rings (SSSR count). The van der Waals surface area contributed by atoms with E-state index in [2.05, 4.69) is 10.0 Å². The number of nitro groups is 1. The second-order valence-corrected chi connectivity index (χ2v) is 6.87. The number of hydrogen-bond acceptors (Lipinski definition) is 5. The van der Waals surface area contributed by atoms with Crippen molar-refractivity contribution in [3.05, 3.63) is 33.9 Å². The molecule has 1 aromatic rings. The van der Waals surface area contributed by atoms with Crippen LogP contribution in [-0.2, 0) is 10.0 Å². The third-order valence-electron chi connectivity index (χ3n) is 3.69. The van der Waals surface area contributed by atoms with Crippen molar-refractivity contribution in [2.24, 2.45) is 0 Å². The molecule has 1 atom stereocenters. The first-order valence-electron chi connectivity index (χ1n) is 6.89. The molecule has 9 heteroatoms. The van der Waals surface area contributed by atoms with Gasteiger partial charge >= 0.3 is 0 Å². The highest BCUT2D eigenvalue weighted by molar-refractivity contribution is 7.89. The van der Waals surface area contributed by atoms with Crippen LogP contribution in [0.1, 0.15) is 24.8 Å². The molecule has 0 aliphatic carbocycles. The number of nitrogens with one attached hydrogen (secondary N) is 2. The maximum absolute atomic E-state index is 12.2. The molecule has 1 saturated heterocycles. The van der Waals surface area contributed by atoms with E-state index in [1.165, 1.54) is 25.1 Å². The number of sulfonamides is 1. The minimum Gasteiger partial charge on any atom is -0.314 e. The van der Waals surface area contributed by atoms with Crippen molar-refractivity contribution in [1.29, 1.82) is 0 Å². The molecule has 1 aliphatic heterocycles. The molecule has 0 bridgehead atoms. The van der Waals surface area contributed by atoms with E-state index in [1.54, 1.807) is 0 Å². The molecular weight excluding hydrogens is 330 g/mol. The molecule has 1 aliphatic rings. The van der Waals surface area contributed by atoms with Crippen LogP contribution in [-0.4, -0.2) is 32.5 Å². The van der Waals surface area contributed by atoms with Crippen LogP contribution in [0.3, 0.4) is 0 Å². The Morgan fingerprint density at radius 1 is 1.45 bits per heavy atom. The van der Waals surface area contributed by atoms with Gasteiger partial charge < -0.3 is 5.32 Å². The van der Waals surface area contributed by atoms with Gasteiger partial charge in [0.2, 0.25) is 10.0 Å². The molecule has 0 spiro atoms. The highest BCUT2D eigenvalue weighted by Gasteiger charge is 2.23. The van der Waals surface area contributed by atoms with E-state index in [4.69, 9.17) is 0 Å². The Kier molecular flexibility index (Phi) is 6.73. The highest BCUT2D eigenvalue weighted by Crippen LogP contribution is 2.24. The quantitative estimate of drug-likeness (QED) is 0.601. The summed E-state index contributed by atoms with van der Waals surface area (Å²) < 4.78 is 27.0. The summed E-state index contributed by atoms with van der Waals surface area (Å²) in [5, 5.41) is 14.2. The molecule has 0 saturated carbocycles. The van der Waals surface area contributed by atoms with Gasteiger partial charge in [-0.15, -0.1) is 12.4 Å². The van der Waals surface area contributed by atoms with Gasteiger partial charge in [0.05, 0.1) is 9.82 Å². The topological polar surface area (TPSA) is 101 Å². The Bertz CT molecular complexity index is 630. The number of rotatable bonds is 6. The van der Waals surface area contributed by atoms with Gasteiger partial charge in [0.15, 0.2) is 0 Å². The Morgan fingerprint density at radius 3 is 2.77 bits per heavy atom. The third-order valence-corrected chi connectivity index (χ3v) is 5.29. The summed E-state index contributed by atoms with van der Waals surface area (Å²) in [5.74, 6) is 0. The van der Waals surface area contributed by atoms with E-state index in [0.717, 1.165) is 19.4 Å². The predicted octanol–water partition coefficient (Wildman–Crippen LogP) is 1.75. The van der Waals surface area contributed by atoms with E-state index in [0.29, 0.717) is 19.0 Å². The summed E-state index contributed by atoms with van der Waals surface area (Å²) in [5.41, 5.74) is -0.0238. The van der Waals surface area contributed by atoms with Crippen molar-refractivity contribution in [2.75, 3.05) is 13.1 Å². The summed E-state index contributed by atoms with van der Waals surface area (Å²) in [6, 6.07) is 4.42. The zero-order chi connectivity index (χ0) is 15.5. The van der Waals surface area contributed by atoms with Crippen LogP contribution >= 0.6 is 12.4 Å². The molecule has 0 aromatic heterocycles. The van der Waals surface area contributed by atoms with Crippen LogP contribution in [0.4, 0.5) is 5.69 Å². The summed E-state index contributed by atoms with van der Waals surface area (Å²) in [6.07, 6.45) is 2.88. The van der Waals surface area contributed by atoms with Crippen LogP contribution in [0.2, 0.25) is 0 Å².